The maximum absolute atomic E-state index is 9.33. The summed E-state index contributed by atoms with van der Waals surface area (Å²) in [4.78, 5) is 2.35. The van der Waals surface area contributed by atoms with Crippen LogP contribution in [0, 0.1) is 23.2 Å². The van der Waals surface area contributed by atoms with E-state index in [-0.39, 0.29) is 5.92 Å². The fraction of sp³-hybridized carbons (Fsp3) is 0.562. The lowest BCUT2D eigenvalue weighted by Gasteiger charge is -2.37. The highest BCUT2D eigenvalue weighted by atomic mass is 79.9. The molecule has 3 unspecified atom stereocenters. The van der Waals surface area contributed by atoms with Crippen LogP contribution in [0.5, 0.6) is 0 Å². The van der Waals surface area contributed by atoms with E-state index in [4.69, 9.17) is 0 Å². The van der Waals surface area contributed by atoms with Crippen LogP contribution in [-0.4, -0.2) is 18.0 Å². The minimum atomic E-state index is 0.184. The van der Waals surface area contributed by atoms with E-state index in [9.17, 15) is 5.26 Å². The average molecular weight is 321 g/mol. The van der Waals surface area contributed by atoms with Gasteiger partial charge in [-0.05, 0) is 43.9 Å². The third kappa shape index (κ3) is 3.58. The standard InChI is InChI=1S/C16H21BrN2/c1-12-7-8-13(10-18)16(9-12)19(2)11-14-5-3-4-6-15(14)17/h3-6,12-13,16H,7-9,11H2,1-2H3. The quantitative estimate of drug-likeness (QED) is 0.834. The van der Waals surface area contributed by atoms with Crippen molar-refractivity contribution in [2.75, 3.05) is 7.05 Å². The first-order chi connectivity index (χ1) is 9.11. The molecule has 1 aliphatic rings. The zero-order valence-corrected chi connectivity index (χ0v) is 13.2. The molecule has 1 aromatic carbocycles. The summed E-state index contributed by atoms with van der Waals surface area (Å²) in [5.41, 5.74) is 1.29. The molecule has 0 saturated heterocycles. The van der Waals surface area contributed by atoms with Gasteiger partial charge in [-0.15, -0.1) is 0 Å². The van der Waals surface area contributed by atoms with Gasteiger partial charge in [0, 0.05) is 17.1 Å². The largest absolute Gasteiger partial charge is 0.298 e. The Kier molecular flexibility index (Phi) is 5.01. The van der Waals surface area contributed by atoms with Crippen molar-refractivity contribution in [3.8, 4) is 6.07 Å². The molecule has 0 bridgehead atoms. The van der Waals surface area contributed by atoms with E-state index in [0.717, 1.165) is 29.8 Å². The van der Waals surface area contributed by atoms with Crippen LogP contribution in [0.1, 0.15) is 31.7 Å². The smallest absolute Gasteiger partial charge is 0.0672 e. The highest BCUT2D eigenvalue weighted by Crippen LogP contribution is 2.32. The summed E-state index contributed by atoms with van der Waals surface area (Å²) in [7, 11) is 2.15. The van der Waals surface area contributed by atoms with Crippen molar-refractivity contribution in [1.82, 2.24) is 4.90 Å². The average Bonchev–Trinajstić information content (AvgIpc) is 2.41. The molecule has 0 radical (unpaired) electrons. The van der Waals surface area contributed by atoms with Gasteiger partial charge in [-0.25, -0.2) is 0 Å². The molecule has 3 atom stereocenters. The van der Waals surface area contributed by atoms with Crippen LogP contribution in [-0.2, 0) is 6.54 Å². The van der Waals surface area contributed by atoms with Gasteiger partial charge in [0.25, 0.3) is 0 Å². The number of rotatable bonds is 3. The van der Waals surface area contributed by atoms with E-state index in [0.29, 0.717) is 6.04 Å². The molecule has 0 spiro atoms. The minimum absolute atomic E-state index is 0.184. The van der Waals surface area contributed by atoms with E-state index in [1.165, 1.54) is 12.0 Å². The van der Waals surface area contributed by atoms with Gasteiger partial charge >= 0.3 is 0 Å². The SMILES string of the molecule is CC1CCC(C#N)C(N(C)Cc2ccccc2Br)C1. The Morgan fingerprint density at radius 2 is 2.11 bits per heavy atom. The van der Waals surface area contributed by atoms with Gasteiger partial charge in [0.15, 0.2) is 0 Å². The molecule has 3 heteroatoms. The monoisotopic (exact) mass is 320 g/mol. The number of benzene rings is 1. The molecule has 2 nitrogen and oxygen atoms in total. The number of hydrogen-bond acceptors (Lipinski definition) is 2. The second-order valence-corrected chi connectivity index (χ2v) is 6.58. The summed E-state index contributed by atoms with van der Waals surface area (Å²) in [6.07, 6.45) is 3.37. The fourth-order valence-corrected chi connectivity index (χ4v) is 3.41. The lowest BCUT2D eigenvalue weighted by Crippen LogP contribution is -2.41. The third-order valence-corrected chi connectivity index (χ3v) is 4.96. The first-order valence-corrected chi connectivity index (χ1v) is 7.74. The van der Waals surface area contributed by atoms with Gasteiger partial charge in [-0.3, -0.25) is 4.90 Å². The number of hydrogen-bond donors (Lipinski definition) is 0. The second kappa shape index (κ2) is 6.54. The van der Waals surface area contributed by atoms with Crippen LogP contribution >= 0.6 is 15.9 Å². The third-order valence-electron chi connectivity index (χ3n) is 4.19. The summed E-state index contributed by atoms with van der Waals surface area (Å²) < 4.78 is 1.15. The van der Waals surface area contributed by atoms with Crippen molar-refractivity contribution in [1.29, 1.82) is 5.26 Å². The van der Waals surface area contributed by atoms with Crippen molar-refractivity contribution in [3.63, 3.8) is 0 Å². The summed E-state index contributed by atoms with van der Waals surface area (Å²) in [5, 5.41) is 9.33. The Hall–Kier alpha value is -0.850. The molecule has 1 fully saturated rings. The van der Waals surface area contributed by atoms with Crippen molar-refractivity contribution in [2.45, 2.75) is 38.8 Å². The fourth-order valence-electron chi connectivity index (χ4n) is 3.00. The number of nitriles is 1. The molecule has 19 heavy (non-hydrogen) atoms. The van der Waals surface area contributed by atoms with Crippen molar-refractivity contribution in [3.05, 3.63) is 34.3 Å². The number of halogens is 1. The van der Waals surface area contributed by atoms with Crippen LogP contribution < -0.4 is 0 Å². The van der Waals surface area contributed by atoms with Crippen LogP contribution in [0.4, 0.5) is 0 Å². The van der Waals surface area contributed by atoms with E-state index < -0.39 is 0 Å². The van der Waals surface area contributed by atoms with E-state index in [1.54, 1.807) is 0 Å². The van der Waals surface area contributed by atoms with Gasteiger partial charge in [0.05, 0.1) is 12.0 Å². The molecule has 1 saturated carbocycles. The van der Waals surface area contributed by atoms with Crippen molar-refractivity contribution in [2.24, 2.45) is 11.8 Å². The lowest BCUT2D eigenvalue weighted by molar-refractivity contribution is 0.125. The molecular weight excluding hydrogens is 300 g/mol. The first kappa shape index (κ1) is 14.6. The van der Waals surface area contributed by atoms with Gasteiger partial charge in [-0.2, -0.15) is 5.26 Å². The van der Waals surface area contributed by atoms with Gasteiger partial charge in [-0.1, -0.05) is 41.1 Å². The Morgan fingerprint density at radius 1 is 1.37 bits per heavy atom. The van der Waals surface area contributed by atoms with Crippen LogP contribution in [0.3, 0.4) is 0 Å². The molecule has 1 aromatic rings. The Balaban J connectivity index is 2.08. The maximum atomic E-state index is 9.33. The normalized spacial score (nSPS) is 27.2. The van der Waals surface area contributed by atoms with E-state index in [1.807, 2.05) is 6.07 Å². The summed E-state index contributed by atoms with van der Waals surface area (Å²) in [6.45, 7) is 3.20. The zero-order valence-electron chi connectivity index (χ0n) is 11.6. The molecule has 1 aliphatic carbocycles. The Labute approximate surface area is 124 Å². The van der Waals surface area contributed by atoms with Crippen LogP contribution in [0.2, 0.25) is 0 Å². The van der Waals surface area contributed by atoms with Crippen LogP contribution in [0.25, 0.3) is 0 Å². The predicted octanol–water partition coefficient (Wildman–Crippen LogP) is 4.21. The molecule has 0 N–H and O–H groups in total. The topological polar surface area (TPSA) is 27.0 Å². The highest BCUT2D eigenvalue weighted by molar-refractivity contribution is 9.10. The van der Waals surface area contributed by atoms with Crippen molar-refractivity contribution < 1.29 is 0 Å². The number of nitrogens with zero attached hydrogens (tertiary/aromatic N) is 2. The molecule has 0 heterocycles. The molecule has 102 valence electrons. The van der Waals surface area contributed by atoms with E-state index >= 15 is 0 Å². The molecule has 2 rings (SSSR count). The zero-order chi connectivity index (χ0) is 13.8. The van der Waals surface area contributed by atoms with E-state index in [2.05, 4.69) is 59.1 Å². The summed E-state index contributed by atoms with van der Waals surface area (Å²) in [6, 6.07) is 11.2. The van der Waals surface area contributed by atoms with Crippen molar-refractivity contribution >= 4 is 15.9 Å². The molecule has 0 amide bonds. The minimum Gasteiger partial charge on any atom is -0.298 e. The molecule has 0 aromatic heterocycles. The molecule has 0 aliphatic heterocycles. The van der Waals surface area contributed by atoms with Crippen LogP contribution in [0.15, 0.2) is 28.7 Å². The van der Waals surface area contributed by atoms with Gasteiger partial charge < -0.3 is 0 Å². The lowest BCUT2D eigenvalue weighted by atomic mass is 9.79. The first-order valence-electron chi connectivity index (χ1n) is 6.95. The Bertz CT molecular complexity index is 466. The second-order valence-electron chi connectivity index (χ2n) is 5.73. The van der Waals surface area contributed by atoms with Gasteiger partial charge in [0.1, 0.15) is 0 Å². The predicted molar refractivity (Wildman–Crippen MR) is 81.5 cm³/mol. The summed E-state index contributed by atoms with van der Waals surface area (Å²) >= 11 is 3.60. The Morgan fingerprint density at radius 3 is 2.79 bits per heavy atom. The molecular formula is C16H21BrN2. The summed E-state index contributed by atoms with van der Waals surface area (Å²) in [5.74, 6) is 0.917. The maximum Gasteiger partial charge on any atom is 0.0672 e. The van der Waals surface area contributed by atoms with Gasteiger partial charge in [0.2, 0.25) is 0 Å². The highest BCUT2D eigenvalue weighted by Gasteiger charge is 2.31.